The van der Waals surface area contributed by atoms with Crippen LogP contribution in [-0.2, 0) is 13.1 Å². The van der Waals surface area contributed by atoms with Gasteiger partial charge in [-0.3, -0.25) is 4.90 Å². The molecule has 3 aromatic rings. The molecule has 5 heteroatoms. The predicted molar refractivity (Wildman–Crippen MR) is 93.6 cm³/mol. The Kier molecular flexibility index (Phi) is 4.42. The highest BCUT2D eigenvalue weighted by molar-refractivity contribution is 5.16. The SMILES string of the molecule is c1ccc(Cn2cnnc2C2CCCN(Cc3ccc[nH]3)C2)cc1. The van der Waals surface area contributed by atoms with Gasteiger partial charge in [-0.2, -0.15) is 0 Å². The molecule has 1 aromatic carbocycles. The lowest BCUT2D eigenvalue weighted by molar-refractivity contribution is 0.193. The molecule has 1 aliphatic heterocycles. The normalized spacial score (nSPS) is 18.8. The van der Waals surface area contributed by atoms with Crippen LogP contribution in [0.15, 0.2) is 55.0 Å². The maximum atomic E-state index is 4.45. The monoisotopic (exact) mass is 321 g/mol. The summed E-state index contributed by atoms with van der Waals surface area (Å²) in [6.45, 7) is 4.03. The van der Waals surface area contributed by atoms with E-state index < -0.39 is 0 Å². The minimum atomic E-state index is 0.458. The van der Waals surface area contributed by atoms with E-state index >= 15 is 0 Å². The van der Waals surface area contributed by atoms with Crippen LogP contribution in [-0.4, -0.2) is 37.7 Å². The first-order valence-electron chi connectivity index (χ1n) is 8.65. The van der Waals surface area contributed by atoms with E-state index in [1.807, 2.05) is 12.5 Å². The summed E-state index contributed by atoms with van der Waals surface area (Å²) >= 11 is 0. The first-order valence-corrected chi connectivity index (χ1v) is 8.65. The van der Waals surface area contributed by atoms with Crippen molar-refractivity contribution in [2.45, 2.75) is 31.8 Å². The number of piperidine rings is 1. The highest BCUT2D eigenvalue weighted by Crippen LogP contribution is 2.26. The van der Waals surface area contributed by atoms with Crippen LogP contribution < -0.4 is 0 Å². The van der Waals surface area contributed by atoms with Crippen LogP contribution in [0.3, 0.4) is 0 Å². The number of hydrogen-bond donors (Lipinski definition) is 1. The molecule has 3 heterocycles. The second kappa shape index (κ2) is 7.01. The lowest BCUT2D eigenvalue weighted by Gasteiger charge is -2.32. The summed E-state index contributed by atoms with van der Waals surface area (Å²) in [7, 11) is 0. The van der Waals surface area contributed by atoms with Crippen molar-refractivity contribution < 1.29 is 0 Å². The fourth-order valence-corrected chi connectivity index (χ4v) is 3.60. The average molecular weight is 321 g/mol. The summed E-state index contributed by atoms with van der Waals surface area (Å²) in [5.74, 6) is 1.58. The summed E-state index contributed by atoms with van der Waals surface area (Å²) in [5.41, 5.74) is 2.57. The molecular weight excluding hydrogens is 298 g/mol. The van der Waals surface area contributed by atoms with Crippen molar-refractivity contribution in [3.8, 4) is 0 Å². The summed E-state index contributed by atoms with van der Waals surface area (Å²) in [6.07, 6.45) is 6.26. The first-order chi connectivity index (χ1) is 11.9. The molecule has 1 fully saturated rings. The van der Waals surface area contributed by atoms with E-state index in [9.17, 15) is 0 Å². The van der Waals surface area contributed by atoms with E-state index in [2.05, 4.69) is 67.1 Å². The Bertz CT molecular complexity index is 747. The molecule has 0 bridgehead atoms. The number of likely N-dealkylation sites (tertiary alicyclic amines) is 1. The van der Waals surface area contributed by atoms with E-state index in [0.29, 0.717) is 5.92 Å². The predicted octanol–water partition coefficient (Wildman–Crippen LogP) is 3.03. The van der Waals surface area contributed by atoms with Gasteiger partial charge in [0.1, 0.15) is 12.2 Å². The second-order valence-electron chi connectivity index (χ2n) is 6.57. The summed E-state index contributed by atoms with van der Waals surface area (Å²) in [6, 6.07) is 14.7. The molecule has 1 unspecified atom stereocenters. The number of aromatic amines is 1. The zero-order valence-corrected chi connectivity index (χ0v) is 13.8. The lowest BCUT2D eigenvalue weighted by Crippen LogP contribution is -2.35. The highest BCUT2D eigenvalue weighted by atomic mass is 15.3. The Labute approximate surface area is 142 Å². The Balaban J connectivity index is 1.46. The Hall–Kier alpha value is -2.40. The lowest BCUT2D eigenvalue weighted by atomic mass is 9.97. The third-order valence-electron chi connectivity index (χ3n) is 4.77. The third-order valence-corrected chi connectivity index (χ3v) is 4.77. The zero-order chi connectivity index (χ0) is 16.2. The molecule has 24 heavy (non-hydrogen) atoms. The minimum absolute atomic E-state index is 0.458. The fourth-order valence-electron chi connectivity index (χ4n) is 3.60. The van der Waals surface area contributed by atoms with Crippen LogP contribution in [0, 0.1) is 0 Å². The number of rotatable bonds is 5. The molecule has 124 valence electrons. The highest BCUT2D eigenvalue weighted by Gasteiger charge is 2.25. The van der Waals surface area contributed by atoms with Crippen molar-refractivity contribution in [1.29, 1.82) is 0 Å². The standard InChI is InChI=1S/C19H23N5/c1-2-6-16(7-3-1)12-24-15-21-22-19(24)17-8-5-11-23(13-17)14-18-9-4-10-20-18/h1-4,6-7,9-10,15,17,20H,5,8,11-14H2. The van der Waals surface area contributed by atoms with Gasteiger partial charge in [0, 0.05) is 30.9 Å². The van der Waals surface area contributed by atoms with Crippen LogP contribution in [0.5, 0.6) is 0 Å². The number of H-pyrrole nitrogens is 1. The van der Waals surface area contributed by atoms with Crippen molar-refractivity contribution >= 4 is 0 Å². The number of aromatic nitrogens is 4. The third kappa shape index (κ3) is 3.41. The van der Waals surface area contributed by atoms with Crippen LogP contribution in [0.4, 0.5) is 0 Å². The maximum Gasteiger partial charge on any atom is 0.137 e. The molecule has 1 N–H and O–H groups in total. The van der Waals surface area contributed by atoms with Crippen molar-refractivity contribution in [2.24, 2.45) is 0 Å². The van der Waals surface area contributed by atoms with Gasteiger partial charge in [-0.1, -0.05) is 30.3 Å². The smallest absolute Gasteiger partial charge is 0.137 e. The Morgan fingerprint density at radius 3 is 2.83 bits per heavy atom. The van der Waals surface area contributed by atoms with Gasteiger partial charge in [-0.25, -0.2) is 0 Å². The molecule has 5 nitrogen and oxygen atoms in total. The topological polar surface area (TPSA) is 49.7 Å². The van der Waals surface area contributed by atoms with Gasteiger partial charge < -0.3 is 9.55 Å². The largest absolute Gasteiger partial charge is 0.364 e. The van der Waals surface area contributed by atoms with E-state index in [4.69, 9.17) is 0 Å². The minimum Gasteiger partial charge on any atom is -0.364 e. The van der Waals surface area contributed by atoms with Gasteiger partial charge in [0.2, 0.25) is 0 Å². The Morgan fingerprint density at radius 2 is 2.00 bits per heavy atom. The molecular formula is C19H23N5. The molecule has 0 aliphatic carbocycles. The van der Waals surface area contributed by atoms with Gasteiger partial charge in [0.15, 0.2) is 0 Å². The number of hydrogen-bond acceptors (Lipinski definition) is 3. The van der Waals surface area contributed by atoms with Crippen molar-refractivity contribution in [3.05, 3.63) is 72.1 Å². The quantitative estimate of drug-likeness (QED) is 0.786. The second-order valence-corrected chi connectivity index (χ2v) is 6.57. The number of benzene rings is 1. The van der Waals surface area contributed by atoms with E-state index in [0.717, 1.165) is 32.0 Å². The molecule has 0 saturated carbocycles. The fraction of sp³-hybridized carbons (Fsp3) is 0.368. The van der Waals surface area contributed by atoms with Crippen LogP contribution in [0.25, 0.3) is 0 Å². The van der Waals surface area contributed by atoms with Gasteiger partial charge in [-0.15, -0.1) is 10.2 Å². The molecule has 2 aromatic heterocycles. The van der Waals surface area contributed by atoms with Crippen molar-refractivity contribution in [2.75, 3.05) is 13.1 Å². The maximum absolute atomic E-state index is 4.45. The van der Waals surface area contributed by atoms with Gasteiger partial charge in [0.05, 0.1) is 6.54 Å². The van der Waals surface area contributed by atoms with Crippen molar-refractivity contribution in [1.82, 2.24) is 24.6 Å². The van der Waals surface area contributed by atoms with E-state index in [1.54, 1.807) is 0 Å². The van der Waals surface area contributed by atoms with Crippen LogP contribution in [0.2, 0.25) is 0 Å². The van der Waals surface area contributed by atoms with Gasteiger partial charge in [0.25, 0.3) is 0 Å². The molecule has 1 saturated heterocycles. The molecule has 0 radical (unpaired) electrons. The van der Waals surface area contributed by atoms with Crippen LogP contribution in [0.1, 0.15) is 35.8 Å². The number of nitrogens with one attached hydrogen (secondary N) is 1. The molecule has 0 spiro atoms. The molecule has 0 amide bonds. The van der Waals surface area contributed by atoms with Crippen molar-refractivity contribution in [3.63, 3.8) is 0 Å². The average Bonchev–Trinajstić information content (AvgIpc) is 3.28. The summed E-state index contributed by atoms with van der Waals surface area (Å²) < 4.78 is 2.21. The molecule has 1 aliphatic rings. The van der Waals surface area contributed by atoms with Crippen LogP contribution >= 0.6 is 0 Å². The van der Waals surface area contributed by atoms with E-state index in [1.165, 1.54) is 24.1 Å². The zero-order valence-electron chi connectivity index (χ0n) is 13.8. The summed E-state index contributed by atoms with van der Waals surface area (Å²) in [4.78, 5) is 5.82. The molecule has 1 atom stereocenters. The molecule has 4 rings (SSSR count). The Morgan fingerprint density at radius 1 is 1.08 bits per heavy atom. The summed E-state index contributed by atoms with van der Waals surface area (Å²) in [5, 5.41) is 8.63. The van der Waals surface area contributed by atoms with Gasteiger partial charge >= 0.3 is 0 Å². The number of nitrogens with zero attached hydrogens (tertiary/aromatic N) is 4. The first kappa shape index (κ1) is 15.1. The van der Waals surface area contributed by atoms with Gasteiger partial charge in [-0.05, 0) is 37.1 Å². The van der Waals surface area contributed by atoms with E-state index in [-0.39, 0.29) is 0 Å².